The highest BCUT2D eigenvalue weighted by Crippen LogP contribution is 2.60. The molecule has 4 bridgehead atoms. The average molecular weight is 490 g/mol. The van der Waals surface area contributed by atoms with Gasteiger partial charge in [-0.25, -0.2) is 4.79 Å². The van der Waals surface area contributed by atoms with Gasteiger partial charge in [0.05, 0.1) is 16.3 Å². The third-order valence-electron chi connectivity index (χ3n) is 9.31. The molecule has 5 fully saturated rings. The van der Waals surface area contributed by atoms with Crippen molar-refractivity contribution in [3.8, 4) is 0 Å². The van der Waals surface area contributed by atoms with Gasteiger partial charge in [-0.3, -0.25) is 18.6 Å². The van der Waals surface area contributed by atoms with Crippen LogP contribution in [0.25, 0.3) is 16.7 Å². The summed E-state index contributed by atoms with van der Waals surface area (Å²) in [5, 5.41) is 8.94. The van der Waals surface area contributed by atoms with E-state index in [-0.39, 0.29) is 29.5 Å². The first-order valence-electron chi connectivity index (χ1n) is 13.2. The predicted molar refractivity (Wildman–Crippen MR) is 131 cm³/mol. The highest BCUT2D eigenvalue weighted by molar-refractivity contribution is 5.89. The van der Waals surface area contributed by atoms with Crippen LogP contribution >= 0.6 is 0 Å². The number of aryl methyl sites for hydroxylation is 1. The highest BCUT2D eigenvalue weighted by Gasteiger charge is 2.57. The van der Waals surface area contributed by atoms with Gasteiger partial charge in [-0.15, -0.1) is 10.2 Å². The fourth-order valence-electron chi connectivity index (χ4n) is 8.15. The van der Waals surface area contributed by atoms with Gasteiger partial charge in [-0.05, 0) is 81.3 Å². The summed E-state index contributed by atoms with van der Waals surface area (Å²) in [5.41, 5.74) is 0.259. The molecule has 1 aliphatic heterocycles. The van der Waals surface area contributed by atoms with Crippen LogP contribution in [0.4, 0.5) is 0 Å². The second-order valence-electron chi connectivity index (χ2n) is 11.6. The van der Waals surface area contributed by atoms with E-state index >= 15 is 0 Å². The lowest BCUT2D eigenvalue weighted by molar-refractivity contribution is -0.166. The largest absolute Gasteiger partial charge is 0.456 e. The molecule has 1 atom stereocenters. The first-order chi connectivity index (χ1) is 17.4. The lowest BCUT2D eigenvalue weighted by Crippen LogP contribution is -2.56. The number of para-hydroxylation sites is 1. The van der Waals surface area contributed by atoms with Crippen molar-refractivity contribution < 1.29 is 14.3 Å². The first-order valence-corrected chi connectivity index (χ1v) is 13.2. The van der Waals surface area contributed by atoms with E-state index in [1.54, 1.807) is 17.5 Å². The molecular weight excluding hydrogens is 458 g/mol. The summed E-state index contributed by atoms with van der Waals surface area (Å²) in [6, 6.07) is 6.73. The minimum absolute atomic E-state index is 0.0713. The molecule has 8 rings (SSSR count). The zero-order chi connectivity index (χ0) is 24.6. The maximum atomic E-state index is 13.9. The summed E-state index contributed by atoms with van der Waals surface area (Å²) in [6.07, 6.45) is 8.28. The number of ether oxygens (including phenoxy) is 1. The molecule has 4 aliphatic carbocycles. The number of amides is 1. The van der Waals surface area contributed by atoms with Gasteiger partial charge < -0.3 is 9.64 Å². The van der Waals surface area contributed by atoms with Gasteiger partial charge >= 0.3 is 5.97 Å². The minimum atomic E-state index is -0.536. The third kappa shape index (κ3) is 3.17. The Morgan fingerprint density at radius 3 is 2.47 bits per heavy atom. The van der Waals surface area contributed by atoms with Crippen LogP contribution in [0, 0.1) is 23.2 Å². The van der Waals surface area contributed by atoms with E-state index in [2.05, 4.69) is 10.2 Å². The van der Waals surface area contributed by atoms with E-state index in [1.165, 1.54) is 23.8 Å². The average Bonchev–Trinajstić information content (AvgIpc) is 3.52. The van der Waals surface area contributed by atoms with Crippen LogP contribution in [0.5, 0.6) is 0 Å². The van der Waals surface area contributed by atoms with E-state index in [4.69, 9.17) is 4.74 Å². The lowest BCUT2D eigenvalue weighted by Gasteiger charge is -2.56. The van der Waals surface area contributed by atoms with E-state index in [0.29, 0.717) is 53.2 Å². The monoisotopic (exact) mass is 489 g/mol. The fraction of sp³-hybridized carbons (Fsp3) is 0.593. The number of aromatic nitrogens is 4. The second kappa shape index (κ2) is 7.88. The van der Waals surface area contributed by atoms with Crippen molar-refractivity contribution in [2.75, 3.05) is 6.54 Å². The standard InChI is InChI=1S/C27H31N5O4/c1-30-23(33)19-5-2-3-6-20(19)32-22(28-29-26(30)32)15-36-24(34)21-7-4-8-31(21)25(35)27-12-16-9-17(13-27)11-18(10-16)14-27/h2-3,5-6,16-18,21H,4,7-15H2,1H3. The number of carbonyl (C=O) groups excluding carboxylic acids is 2. The Morgan fingerprint density at radius 2 is 1.75 bits per heavy atom. The highest BCUT2D eigenvalue weighted by atomic mass is 16.5. The SMILES string of the molecule is Cn1c(=O)c2ccccc2n2c(COC(=O)C3CCCN3C(=O)C34CC5CC(CC(C5)C3)C4)nnc12. The predicted octanol–water partition coefficient (Wildman–Crippen LogP) is 2.83. The minimum Gasteiger partial charge on any atom is -0.456 e. The van der Waals surface area contributed by atoms with Crippen molar-refractivity contribution in [1.82, 2.24) is 24.1 Å². The summed E-state index contributed by atoms with van der Waals surface area (Å²) in [5.74, 6) is 2.69. The summed E-state index contributed by atoms with van der Waals surface area (Å²) in [7, 11) is 1.65. The summed E-state index contributed by atoms with van der Waals surface area (Å²) >= 11 is 0. The quantitative estimate of drug-likeness (QED) is 0.523. The lowest BCUT2D eigenvalue weighted by atomic mass is 9.49. The summed E-state index contributed by atoms with van der Waals surface area (Å²) in [6.45, 7) is 0.555. The van der Waals surface area contributed by atoms with Crippen LogP contribution in [0.15, 0.2) is 29.1 Å². The van der Waals surface area contributed by atoms with Gasteiger partial charge in [-0.1, -0.05) is 12.1 Å². The third-order valence-corrected chi connectivity index (χ3v) is 9.31. The van der Waals surface area contributed by atoms with Crippen LogP contribution in [0.3, 0.4) is 0 Å². The van der Waals surface area contributed by atoms with Crippen molar-refractivity contribution in [2.45, 2.75) is 64.0 Å². The normalized spacial score (nSPS) is 31.0. The molecule has 0 N–H and O–H groups in total. The smallest absolute Gasteiger partial charge is 0.329 e. The molecule has 9 heteroatoms. The molecule has 3 heterocycles. The molecule has 2 aromatic heterocycles. The number of likely N-dealkylation sites (tertiary alicyclic amines) is 1. The molecule has 1 unspecified atom stereocenters. The van der Waals surface area contributed by atoms with Gasteiger partial charge in [0.25, 0.3) is 5.56 Å². The Morgan fingerprint density at radius 1 is 1.06 bits per heavy atom. The van der Waals surface area contributed by atoms with E-state index in [9.17, 15) is 14.4 Å². The van der Waals surface area contributed by atoms with Crippen molar-refractivity contribution >= 4 is 28.6 Å². The fourth-order valence-corrected chi connectivity index (χ4v) is 8.15. The Bertz CT molecular complexity index is 1420. The molecule has 9 nitrogen and oxygen atoms in total. The number of esters is 1. The topological polar surface area (TPSA) is 98.8 Å². The van der Waals surface area contributed by atoms with Crippen LogP contribution in [0.2, 0.25) is 0 Å². The van der Waals surface area contributed by atoms with E-state index < -0.39 is 6.04 Å². The summed E-state index contributed by atoms with van der Waals surface area (Å²) in [4.78, 5) is 41.7. The molecule has 1 saturated heterocycles. The maximum Gasteiger partial charge on any atom is 0.329 e. The Kier molecular flexibility index (Phi) is 4.82. The van der Waals surface area contributed by atoms with Crippen molar-refractivity contribution in [1.29, 1.82) is 0 Å². The Labute approximate surface area is 208 Å². The Hall–Kier alpha value is -3.23. The van der Waals surface area contributed by atoms with Gasteiger partial charge in [0.15, 0.2) is 12.4 Å². The van der Waals surface area contributed by atoms with Gasteiger partial charge in [0, 0.05) is 13.6 Å². The molecule has 36 heavy (non-hydrogen) atoms. The van der Waals surface area contributed by atoms with Crippen molar-refractivity contribution in [3.05, 3.63) is 40.4 Å². The maximum absolute atomic E-state index is 13.9. The molecular formula is C27H31N5O4. The number of carbonyl (C=O) groups is 2. The van der Waals surface area contributed by atoms with Gasteiger partial charge in [0.1, 0.15) is 6.04 Å². The molecule has 188 valence electrons. The number of hydrogen-bond acceptors (Lipinski definition) is 6. The van der Waals surface area contributed by atoms with Crippen molar-refractivity contribution in [3.63, 3.8) is 0 Å². The molecule has 0 radical (unpaired) electrons. The molecule has 4 saturated carbocycles. The zero-order valence-corrected chi connectivity index (χ0v) is 20.6. The van der Waals surface area contributed by atoms with Gasteiger partial charge in [0.2, 0.25) is 11.7 Å². The zero-order valence-electron chi connectivity index (χ0n) is 20.6. The second-order valence-corrected chi connectivity index (χ2v) is 11.6. The van der Waals surface area contributed by atoms with Crippen molar-refractivity contribution in [2.24, 2.45) is 30.2 Å². The van der Waals surface area contributed by atoms with Crippen LogP contribution in [-0.2, 0) is 28.0 Å². The van der Waals surface area contributed by atoms with Crippen LogP contribution < -0.4 is 5.56 Å². The first kappa shape index (κ1) is 22.0. The summed E-state index contributed by atoms with van der Waals surface area (Å²) < 4.78 is 8.96. The van der Waals surface area contributed by atoms with E-state index in [0.717, 1.165) is 25.7 Å². The number of fused-ring (bicyclic) bond motifs is 3. The van der Waals surface area contributed by atoms with Crippen LogP contribution in [-0.4, -0.2) is 48.5 Å². The molecule has 1 amide bonds. The van der Waals surface area contributed by atoms with E-state index in [1.807, 2.05) is 23.1 Å². The Balaban J connectivity index is 1.12. The number of benzene rings is 1. The van der Waals surface area contributed by atoms with Crippen LogP contribution in [0.1, 0.15) is 57.2 Å². The number of nitrogens with zero attached hydrogens (tertiary/aromatic N) is 5. The molecule has 3 aromatic rings. The molecule has 5 aliphatic rings. The van der Waals surface area contributed by atoms with Gasteiger partial charge in [-0.2, -0.15) is 0 Å². The molecule has 0 spiro atoms. The number of hydrogen-bond donors (Lipinski definition) is 0. The molecule has 1 aromatic carbocycles. The number of rotatable bonds is 4.